The van der Waals surface area contributed by atoms with Gasteiger partial charge in [-0.15, -0.1) is 0 Å². The van der Waals surface area contributed by atoms with Crippen LogP contribution in [0.1, 0.15) is 30.9 Å². The van der Waals surface area contributed by atoms with Crippen molar-refractivity contribution < 1.29 is 4.74 Å². The van der Waals surface area contributed by atoms with Crippen LogP contribution in [0.15, 0.2) is 32.9 Å². The molecule has 0 spiro atoms. The minimum absolute atomic E-state index is 0.254. The van der Waals surface area contributed by atoms with Crippen LogP contribution in [0.4, 0.5) is 5.82 Å². The van der Waals surface area contributed by atoms with E-state index in [0.717, 1.165) is 11.3 Å². The maximum Gasteiger partial charge on any atom is 0.332 e. The number of fused-ring (bicyclic) bond motifs is 1. The van der Waals surface area contributed by atoms with Crippen LogP contribution in [0.5, 0.6) is 0 Å². The first-order chi connectivity index (χ1) is 12.6. The number of methoxy groups -OCH3 is 1. The Balaban J connectivity index is 2.08. The lowest BCUT2D eigenvalue weighted by atomic mass is 10.1. The molecule has 0 N–H and O–H groups in total. The average molecular weight is 377 g/mol. The van der Waals surface area contributed by atoms with Gasteiger partial charge in [0.15, 0.2) is 0 Å². The van der Waals surface area contributed by atoms with Crippen LogP contribution in [0, 0.1) is 0 Å². The van der Waals surface area contributed by atoms with Crippen molar-refractivity contribution in [2.24, 2.45) is 4.99 Å². The highest BCUT2D eigenvalue weighted by Gasteiger charge is 2.25. The molecule has 0 aliphatic carbocycles. The van der Waals surface area contributed by atoms with E-state index in [-0.39, 0.29) is 11.2 Å². The zero-order chi connectivity index (χ0) is 18.7. The molecule has 0 bridgehead atoms. The molecule has 26 heavy (non-hydrogen) atoms. The Morgan fingerprint density at radius 3 is 2.69 bits per heavy atom. The maximum absolute atomic E-state index is 12.8. The van der Waals surface area contributed by atoms with E-state index in [2.05, 4.69) is 9.98 Å². The molecule has 0 saturated heterocycles. The number of hydrogen-bond donors (Lipinski definition) is 0. The SMILES string of the molecule is CCCn1c(=O)c2c(n(CCCOC)c1=O)N=C(c1ccc(Cl)nc1)C2. The molecule has 0 saturated carbocycles. The fourth-order valence-corrected chi connectivity index (χ4v) is 3.18. The molecule has 0 unspecified atom stereocenters. The van der Waals surface area contributed by atoms with Gasteiger partial charge in [-0.05, 0) is 25.0 Å². The summed E-state index contributed by atoms with van der Waals surface area (Å²) in [5.41, 5.74) is 1.50. The molecule has 3 heterocycles. The zero-order valence-electron chi connectivity index (χ0n) is 14.9. The van der Waals surface area contributed by atoms with E-state index in [4.69, 9.17) is 16.3 Å². The number of aliphatic imine (C=N–C) groups is 1. The lowest BCUT2D eigenvalue weighted by Gasteiger charge is -2.13. The highest BCUT2D eigenvalue weighted by molar-refractivity contribution is 6.29. The van der Waals surface area contributed by atoms with Gasteiger partial charge in [0, 0.05) is 45.0 Å². The third-order valence-electron chi connectivity index (χ3n) is 4.31. The number of ether oxygens (including phenoxy) is 1. The Labute approximate surface area is 155 Å². The van der Waals surface area contributed by atoms with Crippen molar-refractivity contribution in [1.29, 1.82) is 0 Å². The number of rotatable bonds is 7. The standard InChI is InChI=1S/C18H21ClN4O3/c1-3-7-23-17(24)13-10-14(12-5-6-15(19)20-11-12)21-16(13)22(18(23)25)8-4-9-26-2/h5-6,11H,3-4,7-10H2,1-2H3. The van der Waals surface area contributed by atoms with E-state index in [9.17, 15) is 9.59 Å². The Bertz CT molecular complexity index is 945. The molecule has 0 fully saturated rings. The molecule has 2 aromatic rings. The lowest BCUT2D eigenvalue weighted by Crippen LogP contribution is -2.41. The fourth-order valence-electron chi connectivity index (χ4n) is 3.06. The predicted molar refractivity (Wildman–Crippen MR) is 101 cm³/mol. The summed E-state index contributed by atoms with van der Waals surface area (Å²) < 4.78 is 7.98. The van der Waals surface area contributed by atoms with Gasteiger partial charge in [-0.1, -0.05) is 18.5 Å². The monoisotopic (exact) mass is 376 g/mol. The van der Waals surface area contributed by atoms with Crippen LogP contribution in [0.2, 0.25) is 5.15 Å². The van der Waals surface area contributed by atoms with Crippen molar-refractivity contribution in [3.8, 4) is 0 Å². The quantitative estimate of drug-likeness (QED) is 0.548. The molecular formula is C18H21ClN4O3. The number of pyridine rings is 1. The van der Waals surface area contributed by atoms with Crippen LogP contribution in [-0.2, 0) is 24.2 Å². The summed E-state index contributed by atoms with van der Waals surface area (Å²) in [5.74, 6) is 0.452. The van der Waals surface area contributed by atoms with Crippen LogP contribution in [0.25, 0.3) is 0 Å². The first kappa shape index (κ1) is 18.5. The van der Waals surface area contributed by atoms with E-state index in [1.807, 2.05) is 13.0 Å². The summed E-state index contributed by atoms with van der Waals surface area (Å²) in [6, 6.07) is 3.50. The second-order valence-electron chi connectivity index (χ2n) is 6.14. The molecular weight excluding hydrogens is 356 g/mol. The molecule has 0 amide bonds. The van der Waals surface area contributed by atoms with Gasteiger partial charge in [0.1, 0.15) is 11.0 Å². The van der Waals surface area contributed by atoms with Gasteiger partial charge in [0.2, 0.25) is 0 Å². The van der Waals surface area contributed by atoms with Crippen molar-refractivity contribution in [2.75, 3.05) is 13.7 Å². The van der Waals surface area contributed by atoms with Gasteiger partial charge in [-0.3, -0.25) is 13.9 Å². The minimum atomic E-state index is -0.314. The van der Waals surface area contributed by atoms with Crippen molar-refractivity contribution >= 4 is 23.1 Å². The Morgan fingerprint density at radius 1 is 1.23 bits per heavy atom. The molecule has 0 radical (unpaired) electrons. The number of halogens is 1. The Hall–Kier alpha value is -2.25. The van der Waals surface area contributed by atoms with Gasteiger partial charge < -0.3 is 4.74 Å². The highest BCUT2D eigenvalue weighted by Crippen LogP contribution is 2.25. The van der Waals surface area contributed by atoms with E-state index < -0.39 is 0 Å². The zero-order valence-corrected chi connectivity index (χ0v) is 15.6. The first-order valence-electron chi connectivity index (χ1n) is 8.61. The maximum atomic E-state index is 12.8. The summed E-state index contributed by atoms with van der Waals surface area (Å²) in [4.78, 5) is 34.3. The van der Waals surface area contributed by atoms with Crippen molar-refractivity contribution in [3.63, 3.8) is 0 Å². The van der Waals surface area contributed by atoms with Gasteiger partial charge in [0.05, 0.1) is 11.3 Å². The predicted octanol–water partition coefficient (Wildman–Crippen LogP) is 2.18. The van der Waals surface area contributed by atoms with Crippen molar-refractivity contribution in [3.05, 3.63) is 55.4 Å². The molecule has 2 aromatic heterocycles. The fraction of sp³-hybridized carbons (Fsp3) is 0.444. The summed E-state index contributed by atoms with van der Waals surface area (Å²) in [7, 11) is 1.62. The van der Waals surface area contributed by atoms with E-state index in [0.29, 0.717) is 55.5 Å². The van der Waals surface area contributed by atoms with Crippen molar-refractivity contribution in [1.82, 2.24) is 14.1 Å². The number of hydrogen-bond acceptors (Lipinski definition) is 5. The summed E-state index contributed by atoms with van der Waals surface area (Å²) in [6.45, 7) is 3.32. The topological polar surface area (TPSA) is 78.5 Å². The van der Waals surface area contributed by atoms with Crippen LogP contribution >= 0.6 is 11.6 Å². The Morgan fingerprint density at radius 2 is 2.04 bits per heavy atom. The number of aromatic nitrogens is 3. The molecule has 0 aromatic carbocycles. The second kappa shape index (κ2) is 7.97. The molecule has 1 aliphatic heterocycles. The number of nitrogens with zero attached hydrogens (tertiary/aromatic N) is 4. The van der Waals surface area contributed by atoms with Gasteiger partial charge in [0.25, 0.3) is 5.56 Å². The first-order valence-corrected chi connectivity index (χ1v) is 8.99. The van der Waals surface area contributed by atoms with Crippen LogP contribution in [-0.4, -0.2) is 33.5 Å². The van der Waals surface area contributed by atoms with E-state index in [1.54, 1.807) is 23.9 Å². The average Bonchev–Trinajstić information content (AvgIpc) is 3.07. The summed E-state index contributed by atoms with van der Waals surface area (Å²) in [6.07, 6.45) is 3.39. The van der Waals surface area contributed by atoms with E-state index >= 15 is 0 Å². The summed E-state index contributed by atoms with van der Waals surface area (Å²) >= 11 is 5.84. The molecule has 138 valence electrons. The minimum Gasteiger partial charge on any atom is -0.385 e. The normalized spacial score (nSPS) is 13.0. The second-order valence-corrected chi connectivity index (χ2v) is 6.53. The molecule has 1 aliphatic rings. The molecule has 8 heteroatoms. The third-order valence-corrected chi connectivity index (χ3v) is 4.54. The lowest BCUT2D eigenvalue weighted by molar-refractivity contribution is 0.189. The van der Waals surface area contributed by atoms with Crippen LogP contribution in [0.3, 0.4) is 0 Å². The van der Waals surface area contributed by atoms with Crippen molar-refractivity contribution in [2.45, 2.75) is 39.3 Å². The third kappa shape index (κ3) is 3.50. The molecule has 3 rings (SSSR count). The van der Waals surface area contributed by atoms with Crippen LogP contribution < -0.4 is 11.2 Å². The van der Waals surface area contributed by atoms with Gasteiger partial charge in [-0.2, -0.15) is 0 Å². The molecule has 0 atom stereocenters. The van der Waals surface area contributed by atoms with E-state index in [1.165, 1.54) is 4.57 Å². The Kier molecular flexibility index (Phi) is 5.68. The summed E-state index contributed by atoms with van der Waals surface area (Å²) in [5, 5.41) is 0.395. The smallest absolute Gasteiger partial charge is 0.332 e. The largest absolute Gasteiger partial charge is 0.385 e. The van der Waals surface area contributed by atoms with Gasteiger partial charge >= 0.3 is 5.69 Å². The highest BCUT2D eigenvalue weighted by atomic mass is 35.5. The van der Waals surface area contributed by atoms with Gasteiger partial charge in [-0.25, -0.2) is 14.8 Å². The molecule has 7 nitrogen and oxygen atoms in total.